The summed E-state index contributed by atoms with van der Waals surface area (Å²) in [4.78, 5) is 0. The van der Waals surface area contributed by atoms with Gasteiger partial charge in [0.1, 0.15) is 11.5 Å². The molecule has 0 radical (unpaired) electrons. The molecule has 0 saturated carbocycles. The van der Waals surface area contributed by atoms with Gasteiger partial charge in [-0.05, 0) is 66.6 Å². The highest BCUT2D eigenvalue weighted by molar-refractivity contribution is 7.92. The third-order valence-electron chi connectivity index (χ3n) is 6.03. The molecule has 0 fully saturated rings. The second-order valence-electron chi connectivity index (χ2n) is 9.33. The third-order valence-corrected chi connectivity index (χ3v) is 6.85. The van der Waals surface area contributed by atoms with Crippen LogP contribution in [0.3, 0.4) is 0 Å². The van der Waals surface area contributed by atoms with Crippen LogP contribution in [-0.2, 0) is 15.4 Å². The smallest absolute Gasteiger partial charge is 0.494 e. The number of hydrogen-bond donors (Lipinski definition) is 1. The first-order valence-corrected chi connectivity index (χ1v) is 13.9. The van der Waals surface area contributed by atoms with Gasteiger partial charge in [-0.3, -0.25) is 4.72 Å². The molecule has 0 unspecified atom stereocenters. The summed E-state index contributed by atoms with van der Waals surface area (Å²) in [6, 6.07) is 16.7. The van der Waals surface area contributed by atoms with Crippen molar-refractivity contribution in [3.63, 3.8) is 0 Å². The Kier molecular flexibility index (Phi) is 7.33. The quantitative estimate of drug-likeness (QED) is 0.243. The van der Waals surface area contributed by atoms with Gasteiger partial charge in [-0.25, -0.2) is 8.42 Å². The Hall–Kier alpha value is -3.37. The number of nitrogens with one attached hydrogen (secondary N) is 1. The minimum Gasteiger partial charge on any atom is -0.494 e. The number of halogens is 4. The Morgan fingerprint density at radius 1 is 0.947 bits per heavy atom. The van der Waals surface area contributed by atoms with Crippen molar-refractivity contribution in [2.24, 2.45) is 0 Å². The average molecular weight is 567 g/mol. The minimum absolute atomic E-state index is 0.252. The number of benzene rings is 3. The second-order valence-corrected chi connectivity index (χ2v) is 11.5. The minimum atomic E-state index is -4.85. The van der Waals surface area contributed by atoms with Crippen LogP contribution in [0.2, 0.25) is 5.02 Å². The van der Waals surface area contributed by atoms with E-state index in [-0.39, 0.29) is 18.1 Å². The molecule has 0 spiro atoms. The maximum Gasteiger partial charge on any atom is 0.573 e. The number of anilines is 1. The van der Waals surface area contributed by atoms with E-state index in [0.29, 0.717) is 22.0 Å². The zero-order valence-corrected chi connectivity index (χ0v) is 22.6. The molecule has 0 amide bonds. The standard InChI is InChI=1S/C27H26ClF3N2O4S/c1-5-36-23-12-19(13-24(16-23)37-27(29,30)31)26(2,3)18-10-20(28)14-22(11-18)33-9-8-17-6-7-21(15-25(17)33)32-38(4,34)35/h6-16,32H,5H2,1-4H3. The summed E-state index contributed by atoms with van der Waals surface area (Å²) in [7, 11) is -3.46. The van der Waals surface area contributed by atoms with Crippen LogP contribution in [0.25, 0.3) is 16.6 Å². The molecule has 202 valence electrons. The summed E-state index contributed by atoms with van der Waals surface area (Å²) in [6.45, 7) is 5.75. The van der Waals surface area contributed by atoms with Crippen molar-refractivity contribution in [3.05, 3.63) is 83.0 Å². The van der Waals surface area contributed by atoms with Gasteiger partial charge >= 0.3 is 6.36 Å². The summed E-state index contributed by atoms with van der Waals surface area (Å²) in [5.41, 5.74) is 2.31. The summed E-state index contributed by atoms with van der Waals surface area (Å²) in [5.74, 6) is -0.127. The predicted molar refractivity (Wildman–Crippen MR) is 143 cm³/mol. The lowest BCUT2D eigenvalue weighted by atomic mass is 9.78. The molecule has 1 N–H and O–H groups in total. The molecule has 1 aromatic heterocycles. The van der Waals surface area contributed by atoms with E-state index in [1.54, 1.807) is 43.3 Å². The molecule has 0 aliphatic carbocycles. The van der Waals surface area contributed by atoms with Crippen LogP contribution >= 0.6 is 11.6 Å². The molecule has 0 aliphatic rings. The molecule has 1 heterocycles. The molecule has 0 aliphatic heterocycles. The molecule has 6 nitrogen and oxygen atoms in total. The maximum atomic E-state index is 13.0. The van der Waals surface area contributed by atoms with E-state index in [0.717, 1.165) is 22.7 Å². The van der Waals surface area contributed by atoms with Crippen molar-refractivity contribution in [1.82, 2.24) is 4.57 Å². The monoisotopic (exact) mass is 566 g/mol. The van der Waals surface area contributed by atoms with E-state index in [2.05, 4.69) is 9.46 Å². The number of alkyl halides is 3. The Balaban J connectivity index is 1.81. The highest BCUT2D eigenvalue weighted by Crippen LogP contribution is 2.39. The number of sulfonamides is 1. The number of rotatable bonds is 8. The molecule has 4 rings (SSSR count). The van der Waals surface area contributed by atoms with Crippen LogP contribution in [0.1, 0.15) is 31.9 Å². The number of ether oxygens (including phenoxy) is 2. The molecular formula is C27H26ClF3N2O4S. The van der Waals surface area contributed by atoms with Crippen LogP contribution in [-0.4, -0.2) is 32.2 Å². The van der Waals surface area contributed by atoms with Gasteiger partial charge in [0.2, 0.25) is 10.0 Å². The average Bonchev–Trinajstić information content (AvgIpc) is 3.20. The lowest BCUT2D eigenvalue weighted by Crippen LogP contribution is -2.21. The van der Waals surface area contributed by atoms with Crippen molar-refractivity contribution >= 4 is 38.2 Å². The van der Waals surface area contributed by atoms with Gasteiger partial charge in [0.25, 0.3) is 0 Å². The fraction of sp³-hybridized carbons (Fsp3) is 0.259. The highest BCUT2D eigenvalue weighted by Gasteiger charge is 2.33. The van der Waals surface area contributed by atoms with E-state index in [1.165, 1.54) is 12.1 Å². The molecule has 4 aromatic rings. The molecule has 38 heavy (non-hydrogen) atoms. The third kappa shape index (κ3) is 6.36. The summed E-state index contributed by atoms with van der Waals surface area (Å²) >= 11 is 6.53. The molecule has 11 heteroatoms. The van der Waals surface area contributed by atoms with Crippen molar-refractivity contribution in [1.29, 1.82) is 0 Å². The van der Waals surface area contributed by atoms with Crippen molar-refractivity contribution < 1.29 is 31.1 Å². The molecule has 0 bridgehead atoms. The normalized spacial score (nSPS) is 12.5. The molecule has 0 saturated heterocycles. The van der Waals surface area contributed by atoms with Crippen LogP contribution in [0.4, 0.5) is 18.9 Å². The fourth-order valence-electron chi connectivity index (χ4n) is 4.25. The van der Waals surface area contributed by atoms with Gasteiger partial charge < -0.3 is 14.0 Å². The topological polar surface area (TPSA) is 69.6 Å². The SMILES string of the molecule is CCOc1cc(OC(F)(F)F)cc(C(C)(C)c2cc(Cl)cc(-n3ccc4ccc(NS(C)(=O)=O)cc43)c2)c1. The number of nitrogens with zero attached hydrogens (tertiary/aromatic N) is 1. The van der Waals surface area contributed by atoms with Crippen molar-refractivity contribution in [2.75, 3.05) is 17.6 Å². The van der Waals surface area contributed by atoms with Gasteiger partial charge in [0.05, 0.1) is 24.1 Å². The summed E-state index contributed by atoms with van der Waals surface area (Å²) in [5, 5.41) is 1.30. The van der Waals surface area contributed by atoms with Crippen LogP contribution in [0.5, 0.6) is 11.5 Å². The summed E-state index contributed by atoms with van der Waals surface area (Å²) < 4.78 is 76.5. The second kappa shape index (κ2) is 10.1. The maximum absolute atomic E-state index is 13.0. The lowest BCUT2D eigenvalue weighted by molar-refractivity contribution is -0.274. The molecule has 3 aromatic carbocycles. The van der Waals surface area contributed by atoms with E-state index in [9.17, 15) is 21.6 Å². The van der Waals surface area contributed by atoms with Gasteiger partial charge in [0.15, 0.2) is 0 Å². The van der Waals surface area contributed by atoms with Gasteiger partial charge in [-0.1, -0.05) is 31.5 Å². The molecule has 0 atom stereocenters. The van der Waals surface area contributed by atoms with E-state index < -0.39 is 21.8 Å². The summed E-state index contributed by atoms with van der Waals surface area (Å²) in [6.07, 6.45) is -1.94. The zero-order chi connectivity index (χ0) is 27.9. The van der Waals surface area contributed by atoms with Crippen LogP contribution < -0.4 is 14.2 Å². The first-order valence-electron chi connectivity index (χ1n) is 11.6. The van der Waals surface area contributed by atoms with Gasteiger partial charge in [-0.15, -0.1) is 13.2 Å². The lowest BCUT2D eigenvalue weighted by Gasteiger charge is -2.28. The largest absolute Gasteiger partial charge is 0.573 e. The fourth-order valence-corrected chi connectivity index (χ4v) is 5.03. The number of hydrogen-bond acceptors (Lipinski definition) is 4. The first-order chi connectivity index (χ1) is 17.6. The number of fused-ring (bicyclic) bond motifs is 1. The van der Waals surface area contributed by atoms with Crippen LogP contribution in [0, 0.1) is 0 Å². The Bertz CT molecular complexity index is 1600. The Labute approximate surface area is 224 Å². The molecular weight excluding hydrogens is 541 g/mol. The Morgan fingerprint density at radius 2 is 1.63 bits per heavy atom. The van der Waals surface area contributed by atoms with E-state index in [4.69, 9.17) is 16.3 Å². The van der Waals surface area contributed by atoms with Crippen LogP contribution in [0.15, 0.2) is 66.9 Å². The van der Waals surface area contributed by atoms with Gasteiger partial charge in [-0.2, -0.15) is 0 Å². The van der Waals surface area contributed by atoms with Crippen molar-refractivity contribution in [2.45, 2.75) is 32.5 Å². The van der Waals surface area contributed by atoms with E-state index in [1.807, 2.05) is 36.7 Å². The number of aromatic nitrogens is 1. The Morgan fingerprint density at radius 3 is 2.29 bits per heavy atom. The van der Waals surface area contributed by atoms with E-state index >= 15 is 0 Å². The first kappa shape index (κ1) is 27.7. The highest BCUT2D eigenvalue weighted by atomic mass is 35.5. The van der Waals surface area contributed by atoms with Gasteiger partial charge in [0, 0.05) is 33.8 Å². The predicted octanol–water partition coefficient (Wildman–Crippen LogP) is 7.28. The van der Waals surface area contributed by atoms with Crippen molar-refractivity contribution in [3.8, 4) is 17.2 Å². The zero-order valence-electron chi connectivity index (χ0n) is 21.1.